The summed E-state index contributed by atoms with van der Waals surface area (Å²) >= 11 is 0. The van der Waals surface area contributed by atoms with Crippen LogP contribution < -0.4 is 5.32 Å². The number of anilines is 1. The zero-order chi connectivity index (χ0) is 14.9. The van der Waals surface area contributed by atoms with Crippen LogP contribution in [0.3, 0.4) is 0 Å². The van der Waals surface area contributed by atoms with E-state index in [0.717, 1.165) is 6.07 Å². The number of aromatic hydroxyl groups is 1. The molecule has 1 amide bonds. The van der Waals surface area contributed by atoms with Crippen LogP contribution in [0, 0.1) is 5.82 Å². The van der Waals surface area contributed by atoms with Gasteiger partial charge < -0.3 is 5.11 Å². The Hall–Kier alpha value is -2.44. The van der Waals surface area contributed by atoms with E-state index in [1.807, 2.05) is 13.8 Å². The Kier molecular flexibility index (Phi) is 3.69. The summed E-state index contributed by atoms with van der Waals surface area (Å²) < 4.78 is 15.0. The Labute approximate surface area is 115 Å². The number of aromatic nitrogens is 3. The molecule has 0 fully saturated rings. The number of carbonyl (C=O) groups excluding carboxylic acids is 1. The van der Waals surface area contributed by atoms with Crippen LogP contribution in [-0.4, -0.2) is 25.8 Å². The van der Waals surface area contributed by atoms with Gasteiger partial charge in [0, 0.05) is 13.0 Å². The van der Waals surface area contributed by atoms with Crippen molar-refractivity contribution in [1.29, 1.82) is 0 Å². The summed E-state index contributed by atoms with van der Waals surface area (Å²) in [5.41, 5.74) is -0.415. The van der Waals surface area contributed by atoms with E-state index >= 15 is 0 Å². The van der Waals surface area contributed by atoms with E-state index in [0.29, 0.717) is 5.82 Å². The minimum atomic E-state index is -0.797. The number of rotatable bonds is 3. The number of halogens is 1. The van der Waals surface area contributed by atoms with E-state index in [9.17, 15) is 14.3 Å². The lowest BCUT2D eigenvalue weighted by Crippen LogP contribution is -2.17. The molecule has 2 rings (SSSR count). The van der Waals surface area contributed by atoms with Crippen molar-refractivity contribution in [3.8, 4) is 5.75 Å². The first-order valence-corrected chi connectivity index (χ1v) is 6.10. The molecule has 0 unspecified atom stereocenters. The number of nitrogens with zero attached hydrogens (tertiary/aromatic N) is 3. The molecular formula is C13H15FN4O2. The molecule has 1 heterocycles. The van der Waals surface area contributed by atoms with Crippen molar-refractivity contribution in [1.82, 2.24) is 14.8 Å². The average molecular weight is 278 g/mol. The third kappa shape index (κ3) is 2.61. The molecule has 0 aliphatic rings. The fraction of sp³-hybridized carbons (Fsp3) is 0.308. The predicted molar refractivity (Wildman–Crippen MR) is 71.1 cm³/mol. The van der Waals surface area contributed by atoms with Crippen molar-refractivity contribution < 1.29 is 14.3 Å². The largest absolute Gasteiger partial charge is 0.507 e. The number of nitrogens with one attached hydrogen (secondary N) is 1. The van der Waals surface area contributed by atoms with Gasteiger partial charge in [0.25, 0.3) is 5.91 Å². The predicted octanol–water partition coefficient (Wildman–Crippen LogP) is 2.04. The Balaban J connectivity index is 2.28. The molecule has 20 heavy (non-hydrogen) atoms. The Morgan fingerprint density at radius 2 is 2.15 bits per heavy atom. The molecule has 0 spiro atoms. The van der Waals surface area contributed by atoms with Gasteiger partial charge in [-0.05, 0) is 12.1 Å². The smallest absolute Gasteiger partial charge is 0.264 e. The van der Waals surface area contributed by atoms with Crippen molar-refractivity contribution in [2.24, 2.45) is 7.05 Å². The van der Waals surface area contributed by atoms with Crippen LogP contribution in [0.1, 0.15) is 35.9 Å². The number of hydrogen-bond donors (Lipinski definition) is 2. The Morgan fingerprint density at radius 1 is 1.45 bits per heavy atom. The first kappa shape index (κ1) is 14.0. The third-order valence-electron chi connectivity index (χ3n) is 2.74. The second-order valence-electron chi connectivity index (χ2n) is 4.66. The van der Waals surface area contributed by atoms with Crippen molar-refractivity contribution in [3.05, 3.63) is 35.4 Å². The summed E-state index contributed by atoms with van der Waals surface area (Å²) in [5.74, 6) is -1.12. The summed E-state index contributed by atoms with van der Waals surface area (Å²) in [4.78, 5) is 16.1. The van der Waals surface area contributed by atoms with E-state index in [4.69, 9.17) is 0 Å². The molecular weight excluding hydrogens is 263 g/mol. The maximum Gasteiger partial charge on any atom is 0.264 e. The van der Waals surface area contributed by atoms with Crippen LogP contribution >= 0.6 is 0 Å². The number of phenols is 1. The van der Waals surface area contributed by atoms with E-state index in [-0.39, 0.29) is 11.9 Å². The topological polar surface area (TPSA) is 80.0 Å². The molecule has 1 aromatic carbocycles. The van der Waals surface area contributed by atoms with Crippen LogP contribution in [0.25, 0.3) is 0 Å². The molecule has 0 atom stereocenters. The quantitative estimate of drug-likeness (QED) is 0.900. The normalized spacial score (nSPS) is 10.8. The molecule has 1 aromatic heterocycles. The molecule has 2 N–H and O–H groups in total. The number of amides is 1. The minimum absolute atomic E-state index is 0.105. The van der Waals surface area contributed by atoms with Crippen molar-refractivity contribution in [2.45, 2.75) is 19.8 Å². The van der Waals surface area contributed by atoms with E-state index in [1.165, 1.54) is 16.8 Å². The van der Waals surface area contributed by atoms with E-state index in [2.05, 4.69) is 15.4 Å². The second-order valence-corrected chi connectivity index (χ2v) is 4.66. The Morgan fingerprint density at radius 3 is 2.70 bits per heavy atom. The maximum atomic E-state index is 13.6. The van der Waals surface area contributed by atoms with Crippen LogP contribution in [0.15, 0.2) is 18.2 Å². The zero-order valence-electron chi connectivity index (χ0n) is 11.4. The molecule has 6 nitrogen and oxygen atoms in total. The SMILES string of the molecule is CC(C)c1nc(NC(=O)c2c(O)cccc2F)n(C)n1. The highest BCUT2D eigenvalue weighted by atomic mass is 19.1. The highest BCUT2D eigenvalue weighted by Crippen LogP contribution is 2.21. The molecule has 106 valence electrons. The van der Waals surface area contributed by atoms with Gasteiger partial charge in [0.2, 0.25) is 5.95 Å². The number of aryl methyl sites for hydroxylation is 1. The van der Waals surface area contributed by atoms with Gasteiger partial charge in [-0.1, -0.05) is 19.9 Å². The summed E-state index contributed by atoms with van der Waals surface area (Å²) in [6.45, 7) is 3.84. The molecule has 0 aliphatic heterocycles. The van der Waals surface area contributed by atoms with Crippen LogP contribution in [0.2, 0.25) is 0 Å². The standard InChI is InChI=1S/C13H15FN4O2/c1-7(2)11-15-13(18(3)17-11)16-12(20)10-8(14)5-4-6-9(10)19/h4-7,19H,1-3H3,(H,15,16,17,20). The maximum absolute atomic E-state index is 13.6. The van der Waals surface area contributed by atoms with Crippen molar-refractivity contribution in [2.75, 3.05) is 5.32 Å². The lowest BCUT2D eigenvalue weighted by atomic mass is 10.2. The first-order valence-electron chi connectivity index (χ1n) is 6.10. The van der Waals surface area contributed by atoms with Gasteiger partial charge in [0.15, 0.2) is 5.82 Å². The number of hydrogen-bond acceptors (Lipinski definition) is 4. The van der Waals surface area contributed by atoms with E-state index < -0.39 is 23.0 Å². The fourth-order valence-corrected chi connectivity index (χ4v) is 1.66. The number of benzene rings is 1. The summed E-state index contributed by atoms with van der Waals surface area (Å²) in [5, 5.41) is 16.1. The molecule has 0 aliphatic carbocycles. The van der Waals surface area contributed by atoms with Gasteiger partial charge in [0.1, 0.15) is 17.1 Å². The molecule has 0 radical (unpaired) electrons. The van der Waals surface area contributed by atoms with Crippen molar-refractivity contribution in [3.63, 3.8) is 0 Å². The highest BCUT2D eigenvalue weighted by Gasteiger charge is 2.19. The van der Waals surface area contributed by atoms with Gasteiger partial charge in [-0.2, -0.15) is 10.1 Å². The number of carbonyl (C=O) groups is 1. The zero-order valence-corrected chi connectivity index (χ0v) is 11.4. The minimum Gasteiger partial charge on any atom is -0.507 e. The van der Waals surface area contributed by atoms with Gasteiger partial charge >= 0.3 is 0 Å². The highest BCUT2D eigenvalue weighted by molar-refractivity contribution is 6.05. The Bertz CT molecular complexity index is 632. The van der Waals surface area contributed by atoms with E-state index in [1.54, 1.807) is 7.05 Å². The van der Waals surface area contributed by atoms with Gasteiger partial charge in [-0.3, -0.25) is 10.1 Å². The summed E-state index contributed by atoms with van der Waals surface area (Å²) in [6, 6.07) is 3.67. The monoisotopic (exact) mass is 278 g/mol. The molecule has 0 bridgehead atoms. The molecule has 7 heteroatoms. The average Bonchev–Trinajstić information content (AvgIpc) is 2.71. The van der Waals surface area contributed by atoms with Crippen molar-refractivity contribution >= 4 is 11.9 Å². The van der Waals surface area contributed by atoms with Crippen LogP contribution in [0.5, 0.6) is 5.75 Å². The second kappa shape index (κ2) is 5.28. The first-order chi connectivity index (χ1) is 9.40. The van der Waals surface area contributed by atoms with Gasteiger partial charge in [0.05, 0.1) is 0 Å². The fourth-order valence-electron chi connectivity index (χ4n) is 1.66. The third-order valence-corrected chi connectivity index (χ3v) is 2.74. The lowest BCUT2D eigenvalue weighted by molar-refractivity contribution is 0.101. The number of phenolic OH excluding ortho intramolecular Hbond substituents is 1. The van der Waals surface area contributed by atoms with Crippen LogP contribution in [-0.2, 0) is 7.05 Å². The van der Waals surface area contributed by atoms with Gasteiger partial charge in [-0.15, -0.1) is 0 Å². The molecule has 2 aromatic rings. The van der Waals surface area contributed by atoms with Crippen LogP contribution in [0.4, 0.5) is 10.3 Å². The molecule has 0 saturated carbocycles. The lowest BCUT2D eigenvalue weighted by Gasteiger charge is -2.06. The molecule has 0 saturated heterocycles. The summed E-state index contributed by atoms with van der Waals surface area (Å²) in [6.07, 6.45) is 0. The van der Waals surface area contributed by atoms with Gasteiger partial charge in [-0.25, -0.2) is 9.07 Å². The summed E-state index contributed by atoms with van der Waals surface area (Å²) in [7, 11) is 1.62.